The molecule has 0 amide bonds. The Bertz CT molecular complexity index is 325. The van der Waals surface area contributed by atoms with Crippen molar-refractivity contribution in [3.8, 4) is 0 Å². The third kappa shape index (κ3) is 2.82. The zero-order valence-electron chi connectivity index (χ0n) is 7.84. The van der Waals surface area contributed by atoms with Crippen LogP contribution in [0, 0.1) is 5.82 Å². The average Bonchev–Trinajstić information content (AvgIpc) is 2.18. The van der Waals surface area contributed by atoms with E-state index < -0.39 is 5.82 Å². The fourth-order valence-electron chi connectivity index (χ4n) is 1.21. The molecular formula is C11H13ClFN. The Kier molecular flexibility index (Phi) is 4.11. The van der Waals surface area contributed by atoms with Gasteiger partial charge in [0.1, 0.15) is 5.82 Å². The van der Waals surface area contributed by atoms with Crippen molar-refractivity contribution in [3.05, 3.63) is 47.3 Å². The molecule has 2 N–H and O–H groups in total. The van der Waals surface area contributed by atoms with Crippen LogP contribution in [0.25, 0.3) is 0 Å². The van der Waals surface area contributed by atoms with Crippen LogP contribution in [0.3, 0.4) is 0 Å². The largest absolute Gasteiger partial charge is 0.324 e. The maximum atomic E-state index is 13.1. The maximum Gasteiger partial charge on any atom is 0.142 e. The molecule has 0 unspecified atom stereocenters. The minimum Gasteiger partial charge on any atom is -0.324 e. The van der Waals surface area contributed by atoms with E-state index in [4.69, 9.17) is 17.3 Å². The normalized spacial score (nSPS) is 12.5. The van der Waals surface area contributed by atoms with Gasteiger partial charge >= 0.3 is 0 Å². The van der Waals surface area contributed by atoms with Gasteiger partial charge in [-0.2, -0.15) is 0 Å². The first-order valence-electron chi connectivity index (χ1n) is 4.46. The Hall–Kier alpha value is -0.860. The summed E-state index contributed by atoms with van der Waals surface area (Å²) in [6.07, 6.45) is 3.39. The smallest absolute Gasteiger partial charge is 0.142 e. The molecule has 1 atom stereocenters. The van der Waals surface area contributed by atoms with Crippen molar-refractivity contribution in [1.29, 1.82) is 0 Å². The molecule has 1 aromatic carbocycles. The summed E-state index contributed by atoms with van der Waals surface area (Å²) < 4.78 is 13.1. The highest BCUT2D eigenvalue weighted by molar-refractivity contribution is 6.30. The molecule has 0 aliphatic carbocycles. The van der Waals surface area contributed by atoms with Crippen molar-refractivity contribution in [2.24, 2.45) is 5.73 Å². The first-order chi connectivity index (χ1) is 6.65. The highest BCUT2D eigenvalue weighted by Gasteiger charge is 2.07. The predicted molar refractivity (Wildman–Crippen MR) is 57.8 cm³/mol. The first-order valence-corrected chi connectivity index (χ1v) is 4.84. The average molecular weight is 214 g/mol. The Balaban J connectivity index is 2.75. The third-order valence-electron chi connectivity index (χ3n) is 2.05. The lowest BCUT2D eigenvalue weighted by molar-refractivity contribution is 0.612. The molecule has 0 aromatic heterocycles. The van der Waals surface area contributed by atoms with Gasteiger partial charge in [-0.25, -0.2) is 4.39 Å². The highest BCUT2D eigenvalue weighted by atomic mass is 35.5. The molecule has 0 aliphatic heterocycles. The number of benzene rings is 1. The minimum atomic E-state index is -0.418. The van der Waals surface area contributed by atoms with Gasteiger partial charge in [-0.3, -0.25) is 0 Å². The number of rotatable bonds is 4. The molecule has 76 valence electrons. The monoisotopic (exact) mass is 213 g/mol. The molecule has 0 aliphatic rings. The van der Waals surface area contributed by atoms with Crippen LogP contribution in [0.15, 0.2) is 30.9 Å². The van der Waals surface area contributed by atoms with Gasteiger partial charge < -0.3 is 5.73 Å². The molecule has 1 aromatic rings. The molecule has 3 heteroatoms. The maximum absolute atomic E-state index is 13.1. The molecule has 0 radical (unpaired) electrons. The van der Waals surface area contributed by atoms with Gasteiger partial charge in [0.2, 0.25) is 0 Å². The van der Waals surface area contributed by atoms with Gasteiger partial charge in [0.15, 0.2) is 0 Å². The Morgan fingerprint density at radius 1 is 1.57 bits per heavy atom. The van der Waals surface area contributed by atoms with Gasteiger partial charge in [-0.05, 0) is 30.5 Å². The number of hydrogen-bond donors (Lipinski definition) is 1. The van der Waals surface area contributed by atoms with Crippen LogP contribution in [0.5, 0.6) is 0 Å². The molecule has 0 saturated heterocycles. The topological polar surface area (TPSA) is 26.0 Å². The zero-order valence-corrected chi connectivity index (χ0v) is 8.60. The Morgan fingerprint density at radius 3 is 2.86 bits per heavy atom. The SMILES string of the molecule is C=CCC[C@H](N)c1ccc(Cl)c(F)c1. The van der Waals surface area contributed by atoms with Crippen LogP contribution < -0.4 is 5.73 Å². The van der Waals surface area contributed by atoms with E-state index in [0.29, 0.717) is 0 Å². The van der Waals surface area contributed by atoms with Crippen molar-refractivity contribution in [1.82, 2.24) is 0 Å². The molecular weight excluding hydrogens is 201 g/mol. The summed E-state index contributed by atoms with van der Waals surface area (Å²) >= 11 is 5.56. The number of nitrogens with two attached hydrogens (primary N) is 1. The second-order valence-electron chi connectivity index (χ2n) is 3.15. The molecule has 0 saturated carbocycles. The van der Waals surface area contributed by atoms with Crippen LogP contribution in [0.4, 0.5) is 4.39 Å². The van der Waals surface area contributed by atoms with Gasteiger partial charge in [0.25, 0.3) is 0 Å². The second-order valence-corrected chi connectivity index (χ2v) is 3.55. The van der Waals surface area contributed by atoms with E-state index in [2.05, 4.69) is 6.58 Å². The van der Waals surface area contributed by atoms with E-state index in [0.717, 1.165) is 18.4 Å². The van der Waals surface area contributed by atoms with Crippen molar-refractivity contribution < 1.29 is 4.39 Å². The third-order valence-corrected chi connectivity index (χ3v) is 2.36. The Labute approximate surface area is 88.4 Å². The first kappa shape index (κ1) is 11.2. The number of allylic oxidation sites excluding steroid dienone is 1. The van der Waals surface area contributed by atoms with E-state index in [1.807, 2.05) is 0 Å². The Morgan fingerprint density at radius 2 is 2.29 bits per heavy atom. The summed E-state index contributed by atoms with van der Waals surface area (Å²) in [4.78, 5) is 0. The summed E-state index contributed by atoms with van der Waals surface area (Å²) in [6.45, 7) is 3.61. The summed E-state index contributed by atoms with van der Waals surface area (Å²) in [5.74, 6) is -0.418. The van der Waals surface area contributed by atoms with E-state index in [-0.39, 0.29) is 11.1 Å². The van der Waals surface area contributed by atoms with Crippen LogP contribution in [-0.2, 0) is 0 Å². The van der Waals surface area contributed by atoms with Gasteiger partial charge in [-0.15, -0.1) is 6.58 Å². The molecule has 1 nitrogen and oxygen atoms in total. The van der Waals surface area contributed by atoms with Gasteiger partial charge in [-0.1, -0.05) is 23.7 Å². The molecule has 0 spiro atoms. The van der Waals surface area contributed by atoms with Crippen LogP contribution in [-0.4, -0.2) is 0 Å². The molecule has 0 fully saturated rings. The summed E-state index contributed by atoms with van der Waals surface area (Å²) in [6, 6.07) is 4.51. The van der Waals surface area contributed by atoms with Crippen molar-refractivity contribution >= 4 is 11.6 Å². The van der Waals surface area contributed by atoms with Crippen LogP contribution >= 0.6 is 11.6 Å². The lowest BCUT2D eigenvalue weighted by Crippen LogP contribution is -2.09. The van der Waals surface area contributed by atoms with Crippen LogP contribution in [0.2, 0.25) is 5.02 Å². The molecule has 1 rings (SSSR count). The quantitative estimate of drug-likeness (QED) is 0.762. The zero-order chi connectivity index (χ0) is 10.6. The van der Waals surface area contributed by atoms with Crippen molar-refractivity contribution in [2.45, 2.75) is 18.9 Å². The number of halogens is 2. The fraction of sp³-hybridized carbons (Fsp3) is 0.273. The van der Waals surface area contributed by atoms with E-state index in [1.165, 1.54) is 12.1 Å². The van der Waals surface area contributed by atoms with E-state index >= 15 is 0 Å². The summed E-state index contributed by atoms with van der Waals surface area (Å²) in [7, 11) is 0. The number of hydrogen-bond acceptors (Lipinski definition) is 1. The highest BCUT2D eigenvalue weighted by Crippen LogP contribution is 2.21. The van der Waals surface area contributed by atoms with Crippen molar-refractivity contribution in [3.63, 3.8) is 0 Å². The standard InChI is InChI=1S/C11H13ClFN/c1-2-3-4-11(14)8-5-6-9(12)10(13)7-8/h2,5-7,11H,1,3-4,14H2/t11-/m0/s1. The predicted octanol–water partition coefficient (Wildman–Crippen LogP) is 3.45. The van der Waals surface area contributed by atoms with E-state index in [9.17, 15) is 4.39 Å². The minimum absolute atomic E-state index is 0.129. The lowest BCUT2D eigenvalue weighted by atomic mass is 10.0. The van der Waals surface area contributed by atoms with Crippen LogP contribution in [0.1, 0.15) is 24.4 Å². The second kappa shape index (κ2) is 5.13. The molecule has 0 bridgehead atoms. The fourth-order valence-corrected chi connectivity index (χ4v) is 1.32. The van der Waals surface area contributed by atoms with Gasteiger partial charge in [0, 0.05) is 6.04 Å². The molecule has 14 heavy (non-hydrogen) atoms. The van der Waals surface area contributed by atoms with Gasteiger partial charge in [0.05, 0.1) is 5.02 Å². The summed E-state index contributed by atoms with van der Waals surface area (Å²) in [5.41, 5.74) is 6.61. The molecule has 0 heterocycles. The lowest BCUT2D eigenvalue weighted by Gasteiger charge is -2.10. The summed E-state index contributed by atoms with van der Waals surface area (Å²) in [5, 5.41) is 0.129. The van der Waals surface area contributed by atoms with E-state index in [1.54, 1.807) is 12.1 Å². The van der Waals surface area contributed by atoms with Crippen molar-refractivity contribution in [2.75, 3.05) is 0 Å².